The van der Waals surface area contributed by atoms with Gasteiger partial charge in [0.15, 0.2) is 0 Å². The molecule has 3 N–H and O–H groups in total. The summed E-state index contributed by atoms with van der Waals surface area (Å²) in [6.07, 6.45) is 6.98. The van der Waals surface area contributed by atoms with Crippen LogP contribution in [-0.2, 0) is 27.2 Å². The maximum absolute atomic E-state index is 13.6. The molecule has 0 saturated carbocycles. The number of fused-ring (bicyclic) bond motifs is 1. The molecule has 0 radical (unpaired) electrons. The van der Waals surface area contributed by atoms with Gasteiger partial charge in [-0.2, -0.15) is 0 Å². The molecule has 9 nitrogen and oxygen atoms in total. The molecule has 3 aromatic carbocycles. The summed E-state index contributed by atoms with van der Waals surface area (Å²) in [6, 6.07) is 23.0. The van der Waals surface area contributed by atoms with Gasteiger partial charge in [-0.1, -0.05) is 49.7 Å². The molecule has 260 valence electrons. The van der Waals surface area contributed by atoms with Gasteiger partial charge in [0.25, 0.3) is 11.8 Å². The van der Waals surface area contributed by atoms with Crippen molar-refractivity contribution in [1.29, 1.82) is 0 Å². The molecule has 1 aromatic heterocycles. The minimum Gasteiger partial charge on any atom is -0.497 e. The molecule has 5 rings (SSSR count). The first-order chi connectivity index (χ1) is 24.3. The van der Waals surface area contributed by atoms with Gasteiger partial charge in [-0.15, -0.1) is 23.1 Å². The van der Waals surface area contributed by atoms with Crippen molar-refractivity contribution in [3.05, 3.63) is 112 Å². The van der Waals surface area contributed by atoms with Crippen molar-refractivity contribution in [2.45, 2.75) is 62.5 Å². The van der Waals surface area contributed by atoms with Crippen molar-refractivity contribution in [2.75, 3.05) is 24.4 Å². The van der Waals surface area contributed by atoms with E-state index in [4.69, 9.17) is 9.47 Å². The number of methoxy groups -OCH3 is 1. The number of hydrogen-bond donors (Lipinski definition) is 3. The number of thioether (sulfide) groups is 1. The Kier molecular flexibility index (Phi) is 12.9. The van der Waals surface area contributed by atoms with E-state index in [2.05, 4.69) is 16.0 Å². The first-order valence-corrected chi connectivity index (χ1v) is 18.4. The summed E-state index contributed by atoms with van der Waals surface area (Å²) < 4.78 is 10.7. The number of aryl methyl sites for hydroxylation is 1. The Morgan fingerprint density at radius 1 is 0.900 bits per heavy atom. The van der Waals surface area contributed by atoms with Crippen LogP contribution in [-0.4, -0.2) is 42.7 Å². The van der Waals surface area contributed by atoms with Crippen LogP contribution in [0.15, 0.2) is 89.5 Å². The van der Waals surface area contributed by atoms with E-state index < -0.39 is 23.0 Å². The van der Waals surface area contributed by atoms with Gasteiger partial charge in [0.05, 0.1) is 24.5 Å². The fourth-order valence-electron chi connectivity index (χ4n) is 5.61. The van der Waals surface area contributed by atoms with E-state index in [1.807, 2.05) is 19.1 Å². The third-order valence-corrected chi connectivity index (χ3v) is 10.7. The minimum absolute atomic E-state index is 0.0442. The molecule has 1 aliphatic carbocycles. The van der Waals surface area contributed by atoms with E-state index in [0.29, 0.717) is 39.5 Å². The van der Waals surface area contributed by atoms with Crippen molar-refractivity contribution in [2.24, 2.45) is 0 Å². The van der Waals surface area contributed by atoms with Crippen LogP contribution in [0.3, 0.4) is 0 Å². The Hall–Kier alpha value is -4.87. The molecule has 0 spiro atoms. The van der Waals surface area contributed by atoms with E-state index in [1.54, 1.807) is 86.8 Å². The van der Waals surface area contributed by atoms with Crippen LogP contribution >= 0.6 is 23.1 Å². The van der Waals surface area contributed by atoms with Crippen molar-refractivity contribution in [3.63, 3.8) is 0 Å². The molecule has 0 saturated heterocycles. The minimum atomic E-state index is -0.520. The highest BCUT2D eigenvalue weighted by Crippen LogP contribution is 2.39. The molecular formula is C39H41N3O6S2. The molecule has 0 bridgehead atoms. The number of carbonyl (C=O) groups excluding carboxylic acids is 4. The molecule has 1 heterocycles. The standard InChI is InChI=1S/C39H41N3O6S2/c1-4-32(37(45)42-38-34(39(46)48-5-2)30-20-10-7-11-21-33(30)50-38)49-29-19-13-17-27(24-29)40-36(44)31(23-25-14-12-18-28(22-25)47-3)41-35(43)26-15-8-6-9-16-26/h6,8-9,12-19,22-24,32H,4-5,7,10-11,20-21H2,1-3H3,(H,40,44)(H,41,43)(H,42,45)/b31-23-. The SMILES string of the molecule is CCOC(=O)c1c(NC(=O)C(CC)Sc2cccc(NC(=O)/C(=C/c3cccc(OC)c3)NC(=O)c3ccccc3)c2)sc2c1CCCCC2. The number of anilines is 2. The topological polar surface area (TPSA) is 123 Å². The molecule has 1 unspecified atom stereocenters. The third-order valence-electron chi connectivity index (χ3n) is 8.10. The monoisotopic (exact) mass is 711 g/mol. The molecule has 3 amide bonds. The van der Waals surface area contributed by atoms with Crippen molar-refractivity contribution in [3.8, 4) is 5.75 Å². The van der Waals surface area contributed by atoms with E-state index in [1.165, 1.54) is 23.1 Å². The lowest BCUT2D eigenvalue weighted by Gasteiger charge is -2.16. The first kappa shape index (κ1) is 36.4. The summed E-state index contributed by atoms with van der Waals surface area (Å²) in [5.74, 6) is -0.942. The zero-order chi connectivity index (χ0) is 35.5. The summed E-state index contributed by atoms with van der Waals surface area (Å²) in [5.41, 5.74) is 3.10. The van der Waals surface area contributed by atoms with E-state index in [9.17, 15) is 19.2 Å². The summed E-state index contributed by atoms with van der Waals surface area (Å²) in [5, 5.41) is 8.79. The number of nitrogens with one attached hydrogen (secondary N) is 3. The van der Waals surface area contributed by atoms with Crippen molar-refractivity contribution < 1.29 is 28.7 Å². The van der Waals surface area contributed by atoms with Gasteiger partial charge in [0.1, 0.15) is 16.4 Å². The number of hydrogen-bond acceptors (Lipinski definition) is 8. The smallest absolute Gasteiger partial charge is 0.341 e. The number of benzene rings is 3. The Morgan fingerprint density at radius 2 is 1.68 bits per heavy atom. The second-order valence-corrected chi connectivity index (χ2v) is 14.0. The highest BCUT2D eigenvalue weighted by molar-refractivity contribution is 8.00. The predicted octanol–water partition coefficient (Wildman–Crippen LogP) is 8.12. The fraction of sp³-hybridized carbons (Fsp3) is 0.282. The van der Waals surface area contributed by atoms with Crippen LogP contribution in [0.2, 0.25) is 0 Å². The molecule has 11 heteroatoms. The lowest BCUT2D eigenvalue weighted by Crippen LogP contribution is -2.30. The molecule has 0 aliphatic heterocycles. The summed E-state index contributed by atoms with van der Waals surface area (Å²) >= 11 is 2.85. The number of amides is 3. The van der Waals surface area contributed by atoms with Crippen molar-refractivity contribution in [1.82, 2.24) is 5.32 Å². The van der Waals surface area contributed by atoms with E-state index in [0.717, 1.165) is 47.4 Å². The highest BCUT2D eigenvalue weighted by Gasteiger charge is 2.28. The lowest BCUT2D eigenvalue weighted by molar-refractivity contribution is -0.116. The van der Waals surface area contributed by atoms with E-state index >= 15 is 0 Å². The largest absolute Gasteiger partial charge is 0.497 e. The number of thiophene rings is 1. The zero-order valence-corrected chi connectivity index (χ0v) is 30.0. The van der Waals surface area contributed by atoms with Gasteiger partial charge in [-0.25, -0.2) is 4.79 Å². The average Bonchev–Trinajstić information content (AvgIpc) is 3.30. The Balaban J connectivity index is 1.32. The Bertz CT molecular complexity index is 1870. The average molecular weight is 712 g/mol. The van der Waals surface area contributed by atoms with Crippen LogP contribution in [0.4, 0.5) is 10.7 Å². The Morgan fingerprint density at radius 3 is 2.44 bits per heavy atom. The second-order valence-electron chi connectivity index (χ2n) is 11.6. The quantitative estimate of drug-likeness (QED) is 0.0554. The van der Waals surface area contributed by atoms with Gasteiger partial charge in [-0.05, 0) is 98.7 Å². The molecule has 4 aromatic rings. The van der Waals surface area contributed by atoms with Gasteiger partial charge in [-0.3, -0.25) is 14.4 Å². The third kappa shape index (κ3) is 9.42. The summed E-state index contributed by atoms with van der Waals surface area (Å²) in [4.78, 5) is 55.3. The molecular weight excluding hydrogens is 671 g/mol. The van der Waals surface area contributed by atoms with Gasteiger partial charge >= 0.3 is 5.97 Å². The first-order valence-electron chi connectivity index (χ1n) is 16.7. The second kappa shape index (κ2) is 17.7. The molecule has 0 fully saturated rings. The number of ether oxygens (including phenoxy) is 2. The molecule has 50 heavy (non-hydrogen) atoms. The van der Waals surface area contributed by atoms with Gasteiger partial charge < -0.3 is 25.4 Å². The highest BCUT2D eigenvalue weighted by atomic mass is 32.2. The fourth-order valence-corrected chi connectivity index (χ4v) is 7.91. The predicted molar refractivity (Wildman–Crippen MR) is 200 cm³/mol. The Labute approximate surface area is 300 Å². The van der Waals surface area contributed by atoms with Gasteiger partial charge in [0, 0.05) is 21.0 Å². The normalized spacial score (nSPS) is 13.3. The summed E-state index contributed by atoms with van der Waals surface area (Å²) in [6.45, 7) is 3.97. The molecule has 1 aliphatic rings. The van der Waals surface area contributed by atoms with Gasteiger partial charge in [0.2, 0.25) is 5.91 Å². The van der Waals surface area contributed by atoms with Crippen LogP contribution in [0.25, 0.3) is 6.08 Å². The summed E-state index contributed by atoms with van der Waals surface area (Å²) in [7, 11) is 1.56. The van der Waals surface area contributed by atoms with E-state index in [-0.39, 0.29) is 18.2 Å². The number of esters is 1. The van der Waals surface area contributed by atoms with Crippen LogP contribution in [0.5, 0.6) is 5.75 Å². The van der Waals surface area contributed by atoms with Crippen LogP contribution in [0, 0.1) is 0 Å². The van der Waals surface area contributed by atoms with Crippen LogP contribution in [0.1, 0.15) is 76.3 Å². The maximum atomic E-state index is 13.6. The zero-order valence-electron chi connectivity index (χ0n) is 28.4. The number of carbonyl (C=O) groups is 4. The maximum Gasteiger partial charge on any atom is 0.341 e. The molecule has 1 atom stereocenters. The van der Waals surface area contributed by atoms with Crippen molar-refractivity contribution >= 4 is 63.6 Å². The number of rotatable bonds is 13. The van der Waals surface area contributed by atoms with Crippen LogP contribution < -0.4 is 20.7 Å². The lowest BCUT2D eigenvalue weighted by atomic mass is 10.1.